The summed E-state index contributed by atoms with van der Waals surface area (Å²) in [5.74, 6) is 0.382. The van der Waals surface area contributed by atoms with Gasteiger partial charge in [0.2, 0.25) is 0 Å². The van der Waals surface area contributed by atoms with Crippen molar-refractivity contribution in [1.82, 2.24) is 4.90 Å². The molecule has 0 spiro atoms. The van der Waals surface area contributed by atoms with E-state index < -0.39 is 0 Å². The SMILES string of the molecule is CC1CN(C(=O)c2ccc(I)c(Cl)c2)CCC1Cl. The molecule has 1 aliphatic rings. The Morgan fingerprint density at radius 2 is 2.22 bits per heavy atom. The van der Waals surface area contributed by atoms with E-state index in [0.29, 0.717) is 16.5 Å². The van der Waals surface area contributed by atoms with Crippen LogP contribution in [-0.4, -0.2) is 29.3 Å². The van der Waals surface area contributed by atoms with Gasteiger partial charge in [-0.15, -0.1) is 11.6 Å². The molecule has 98 valence electrons. The molecule has 18 heavy (non-hydrogen) atoms. The molecule has 1 fully saturated rings. The quantitative estimate of drug-likeness (QED) is 0.517. The molecule has 1 aromatic rings. The monoisotopic (exact) mass is 397 g/mol. The summed E-state index contributed by atoms with van der Waals surface area (Å²) in [6.07, 6.45) is 0.854. The number of piperidine rings is 1. The standard InChI is InChI=1S/C13H14Cl2INO/c1-8-7-17(5-4-10(8)14)13(18)9-2-3-12(16)11(15)6-9/h2-3,6,8,10H,4-5,7H2,1H3. The molecular formula is C13H14Cl2INO. The smallest absolute Gasteiger partial charge is 0.253 e. The number of hydrogen-bond donors (Lipinski definition) is 0. The van der Waals surface area contributed by atoms with Crippen LogP contribution < -0.4 is 0 Å². The van der Waals surface area contributed by atoms with Gasteiger partial charge in [0.15, 0.2) is 0 Å². The molecule has 1 aromatic carbocycles. The summed E-state index contributed by atoms with van der Waals surface area (Å²) < 4.78 is 0.957. The van der Waals surface area contributed by atoms with Gasteiger partial charge in [0.25, 0.3) is 5.91 Å². The van der Waals surface area contributed by atoms with Gasteiger partial charge in [0.1, 0.15) is 0 Å². The molecular weight excluding hydrogens is 384 g/mol. The lowest BCUT2D eigenvalue weighted by Crippen LogP contribution is -2.43. The zero-order chi connectivity index (χ0) is 13.3. The highest BCUT2D eigenvalue weighted by Gasteiger charge is 2.27. The Hall–Kier alpha value is -0.000000000000000111. The zero-order valence-electron chi connectivity index (χ0n) is 10.00. The van der Waals surface area contributed by atoms with Gasteiger partial charge in [-0.1, -0.05) is 18.5 Å². The fourth-order valence-corrected chi connectivity index (χ4v) is 2.81. The number of hydrogen-bond acceptors (Lipinski definition) is 1. The van der Waals surface area contributed by atoms with Gasteiger partial charge in [-0.2, -0.15) is 0 Å². The van der Waals surface area contributed by atoms with Crippen molar-refractivity contribution in [1.29, 1.82) is 0 Å². The fraction of sp³-hybridized carbons (Fsp3) is 0.462. The lowest BCUT2D eigenvalue weighted by atomic mass is 9.99. The first-order valence-corrected chi connectivity index (χ1v) is 7.76. The number of benzene rings is 1. The summed E-state index contributed by atoms with van der Waals surface area (Å²) in [7, 11) is 0. The molecule has 2 nitrogen and oxygen atoms in total. The number of carbonyl (C=O) groups is 1. The van der Waals surface area contributed by atoms with Crippen LogP contribution in [0.5, 0.6) is 0 Å². The summed E-state index contributed by atoms with van der Waals surface area (Å²) in [4.78, 5) is 14.2. The van der Waals surface area contributed by atoms with Gasteiger partial charge in [0.05, 0.1) is 5.02 Å². The Balaban J connectivity index is 2.14. The van der Waals surface area contributed by atoms with Gasteiger partial charge >= 0.3 is 0 Å². The first-order valence-electron chi connectivity index (χ1n) is 5.87. The molecule has 0 N–H and O–H groups in total. The Morgan fingerprint density at radius 3 is 2.83 bits per heavy atom. The van der Waals surface area contributed by atoms with Crippen molar-refractivity contribution in [3.63, 3.8) is 0 Å². The Labute approximate surface area is 131 Å². The lowest BCUT2D eigenvalue weighted by Gasteiger charge is -2.34. The van der Waals surface area contributed by atoms with E-state index in [1.165, 1.54) is 0 Å². The number of rotatable bonds is 1. The molecule has 2 rings (SSSR count). The second kappa shape index (κ2) is 5.97. The maximum Gasteiger partial charge on any atom is 0.253 e. The molecule has 1 aliphatic heterocycles. The Morgan fingerprint density at radius 1 is 1.50 bits per heavy atom. The second-order valence-electron chi connectivity index (χ2n) is 4.66. The molecule has 0 bridgehead atoms. The van der Waals surface area contributed by atoms with Crippen molar-refractivity contribution in [2.24, 2.45) is 5.92 Å². The summed E-state index contributed by atoms with van der Waals surface area (Å²) in [5.41, 5.74) is 0.653. The number of carbonyl (C=O) groups excluding carboxylic acids is 1. The Bertz CT molecular complexity index is 466. The summed E-state index contributed by atoms with van der Waals surface area (Å²) in [6.45, 7) is 3.52. The van der Waals surface area contributed by atoms with E-state index in [2.05, 4.69) is 29.5 Å². The van der Waals surface area contributed by atoms with Crippen LogP contribution in [0.2, 0.25) is 5.02 Å². The average molecular weight is 398 g/mol. The molecule has 5 heteroatoms. The van der Waals surface area contributed by atoms with Gasteiger partial charge in [-0.25, -0.2) is 0 Å². The third-order valence-electron chi connectivity index (χ3n) is 3.25. The normalized spacial score (nSPS) is 24.1. The third-order valence-corrected chi connectivity index (χ3v) is 5.47. The number of amides is 1. The molecule has 2 unspecified atom stereocenters. The van der Waals surface area contributed by atoms with E-state index in [0.717, 1.165) is 23.1 Å². The number of nitrogens with zero attached hydrogens (tertiary/aromatic N) is 1. The summed E-state index contributed by atoms with van der Waals surface area (Å²) in [5, 5.41) is 0.802. The van der Waals surface area contributed by atoms with E-state index in [9.17, 15) is 4.79 Å². The lowest BCUT2D eigenvalue weighted by molar-refractivity contribution is 0.0687. The van der Waals surface area contributed by atoms with E-state index in [-0.39, 0.29) is 11.3 Å². The van der Waals surface area contributed by atoms with Crippen molar-refractivity contribution >= 4 is 51.7 Å². The van der Waals surface area contributed by atoms with Crippen molar-refractivity contribution in [2.45, 2.75) is 18.7 Å². The summed E-state index contributed by atoms with van der Waals surface area (Å²) in [6, 6.07) is 5.43. The van der Waals surface area contributed by atoms with Crippen LogP contribution in [0.1, 0.15) is 23.7 Å². The van der Waals surface area contributed by atoms with Crippen LogP contribution in [0.15, 0.2) is 18.2 Å². The van der Waals surface area contributed by atoms with Crippen molar-refractivity contribution in [2.75, 3.05) is 13.1 Å². The highest BCUT2D eigenvalue weighted by Crippen LogP contribution is 2.25. The second-order valence-corrected chi connectivity index (χ2v) is 6.79. The molecule has 1 saturated heterocycles. The predicted octanol–water partition coefficient (Wildman–Crippen LogP) is 4.03. The maximum atomic E-state index is 12.3. The van der Waals surface area contributed by atoms with Crippen molar-refractivity contribution < 1.29 is 4.79 Å². The fourth-order valence-electron chi connectivity index (χ4n) is 2.11. The van der Waals surface area contributed by atoms with Gasteiger partial charge < -0.3 is 4.90 Å². The minimum absolute atomic E-state index is 0.0451. The van der Waals surface area contributed by atoms with Crippen LogP contribution in [0.25, 0.3) is 0 Å². The number of likely N-dealkylation sites (tertiary alicyclic amines) is 1. The van der Waals surface area contributed by atoms with E-state index >= 15 is 0 Å². The molecule has 0 radical (unpaired) electrons. The summed E-state index contributed by atoms with van der Waals surface area (Å²) >= 11 is 14.4. The molecule has 2 atom stereocenters. The molecule has 1 heterocycles. The molecule has 0 aliphatic carbocycles. The first kappa shape index (κ1) is 14.4. The highest BCUT2D eigenvalue weighted by molar-refractivity contribution is 14.1. The Kier molecular flexibility index (Phi) is 4.78. The third kappa shape index (κ3) is 3.11. The van der Waals surface area contributed by atoms with Crippen LogP contribution in [0.4, 0.5) is 0 Å². The van der Waals surface area contributed by atoms with Gasteiger partial charge in [0, 0.05) is 27.6 Å². The highest BCUT2D eigenvalue weighted by atomic mass is 127. The average Bonchev–Trinajstić information content (AvgIpc) is 2.35. The zero-order valence-corrected chi connectivity index (χ0v) is 13.7. The van der Waals surface area contributed by atoms with Crippen LogP contribution in [-0.2, 0) is 0 Å². The molecule has 0 aromatic heterocycles. The predicted molar refractivity (Wildman–Crippen MR) is 83.5 cm³/mol. The first-order chi connectivity index (χ1) is 8.49. The number of halogens is 3. The van der Waals surface area contributed by atoms with E-state index in [4.69, 9.17) is 23.2 Å². The van der Waals surface area contributed by atoms with Gasteiger partial charge in [-0.3, -0.25) is 4.79 Å². The van der Waals surface area contributed by atoms with Crippen LogP contribution >= 0.6 is 45.8 Å². The minimum atomic E-state index is 0.0451. The molecule has 1 amide bonds. The van der Waals surface area contributed by atoms with Crippen molar-refractivity contribution in [3.8, 4) is 0 Å². The topological polar surface area (TPSA) is 20.3 Å². The van der Waals surface area contributed by atoms with Crippen molar-refractivity contribution in [3.05, 3.63) is 32.4 Å². The number of alkyl halides is 1. The van der Waals surface area contributed by atoms with E-state index in [1.54, 1.807) is 6.07 Å². The van der Waals surface area contributed by atoms with Gasteiger partial charge in [-0.05, 0) is 53.1 Å². The largest absolute Gasteiger partial charge is 0.338 e. The van der Waals surface area contributed by atoms with Crippen LogP contribution in [0.3, 0.4) is 0 Å². The minimum Gasteiger partial charge on any atom is -0.338 e. The van der Waals surface area contributed by atoms with E-state index in [1.807, 2.05) is 17.0 Å². The maximum absolute atomic E-state index is 12.3. The van der Waals surface area contributed by atoms with Crippen LogP contribution in [0, 0.1) is 9.49 Å². The molecule has 0 saturated carbocycles.